The van der Waals surface area contributed by atoms with Gasteiger partial charge in [0.05, 0.1) is 12.2 Å². The molecule has 1 aromatic rings. The molecule has 1 N–H and O–H groups in total. The normalized spacial score (nSPS) is 15.1. The quantitative estimate of drug-likeness (QED) is 0.608. The molecule has 1 unspecified atom stereocenters. The molecular formula is C15H17NO5S. The number of carboxylic acid groups (broad SMARTS) is 1. The Morgan fingerprint density at radius 3 is 2.50 bits per heavy atom. The van der Waals surface area contributed by atoms with Gasteiger partial charge in [0.2, 0.25) is 5.91 Å². The number of amides is 1. The summed E-state index contributed by atoms with van der Waals surface area (Å²) in [5.41, 5.74) is 1.35. The molecule has 1 fully saturated rings. The van der Waals surface area contributed by atoms with Gasteiger partial charge in [0.25, 0.3) is 0 Å². The lowest BCUT2D eigenvalue weighted by molar-refractivity contribution is -0.151. The SMILES string of the molecule is CCOC(=O)c1ccc(CSC(C(=O)O)N2CCC2=O)cc1. The van der Waals surface area contributed by atoms with E-state index in [-0.39, 0.29) is 11.9 Å². The first-order chi connectivity index (χ1) is 10.5. The third-order valence-electron chi connectivity index (χ3n) is 3.25. The van der Waals surface area contributed by atoms with Crippen LogP contribution in [0.2, 0.25) is 0 Å². The second kappa shape index (κ2) is 7.31. The van der Waals surface area contributed by atoms with Crippen LogP contribution in [-0.4, -0.2) is 46.4 Å². The number of β-lactam (4-membered cyclic amide) rings is 1. The maximum absolute atomic E-state index is 11.5. The highest BCUT2D eigenvalue weighted by molar-refractivity contribution is 7.99. The van der Waals surface area contributed by atoms with Gasteiger partial charge in [0.1, 0.15) is 0 Å². The zero-order chi connectivity index (χ0) is 16.1. The second-order valence-corrected chi connectivity index (χ2v) is 5.82. The van der Waals surface area contributed by atoms with Crippen LogP contribution in [0.1, 0.15) is 29.3 Å². The van der Waals surface area contributed by atoms with Gasteiger partial charge in [0.15, 0.2) is 5.37 Å². The molecule has 7 heteroatoms. The van der Waals surface area contributed by atoms with Crippen molar-refractivity contribution < 1.29 is 24.2 Å². The van der Waals surface area contributed by atoms with E-state index >= 15 is 0 Å². The summed E-state index contributed by atoms with van der Waals surface area (Å²) in [5, 5.41) is 8.35. The Labute approximate surface area is 132 Å². The molecule has 0 radical (unpaired) electrons. The molecule has 0 bridgehead atoms. The topological polar surface area (TPSA) is 83.9 Å². The number of esters is 1. The first kappa shape index (κ1) is 16.4. The van der Waals surface area contributed by atoms with Gasteiger partial charge in [0, 0.05) is 18.7 Å². The molecule has 0 saturated carbocycles. The highest BCUT2D eigenvalue weighted by Crippen LogP contribution is 2.26. The Bertz CT molecular complexity index is 572. The first-order valence-corrected chi connectivity index (χ1v) is 7.97. The molecule has 1 heterocycles. The van der Waals surface area contributed by atoms with Crippen molar-refractivity contribution in [2.75, 3.05) is 13.2 Å². The summed E-state index contributed by atoms with van der Waals surface area (Å²) in [7, 11) is 0. The van der Waals surface area contributed by atoms with Crippen molar-refractivity contribution in [2.24, 2.45) is 0 Å². The van der Waals surface area contributed by atoms with E-state index in [9.17, 15) is 19.5 Å². The smallest absolute Gasteiger partial charge is 0.338 e. The number of likely N-dealkylation sites (tertiary alicyclic amines) is 1. The van der Waals surface area contributed by atoms with Crippen LogP contribution in [-0.2, 0) is 20.1 Å². The molecule has 22 heavy (non-hydrogen) atoms. The zero-order valence-electron chi connectivity index (χ0n) is 12.2. The van der Waals surface area contributed by atoms with Crippen LogP contribution in [0.5, 0.6) is 0 Å². The van der Waals surface area contributed by atoms with Crippen LogP contribution < -0.4 is 0 Å². The molecule has 6 nitrogen and oxygen atoms in total. The minimum atomic E-state index is -1.01. The highest BCUT2D eigenvalue weighted by Gasteiger charge is 2.35. The number of carbonyl (C=O) groups is 3. The van der Waals surface area contributed by atoms with E-state index in [4.69, 9.17) is 4.74 Å². The van der Waals surface area contributed by atoms with Crippen LogP contribution in [0, 0.1) is 0 Å². The van der Waals surface area contributed by atoms with E-state index in [1.165, 1.54) is 16.7 Å². The Balaban J connectivity index is 1.94. The van der Waals surface area contributed by atoms with Gasteiger partial charge in [-0.05, 0) is 24.6 Å². The number of hydrogen-bond acceptors (Lipinski definition) is 5. The van der Waals surface area contributed by atoms with E-state index in [1.54, 1.807) is 31.2 Å². The average molecular weight is 323 g/mol. The van der Waals surface area contributed by atoms with Gasteiger partial charge in [-0.25, -0.2) is 9.59 Å². The van der Waals surface area contributed by atoms with Crippen LogP contribution in [0.3, 0.4) is 0 Å². The van der Waals surface area contributed by atoms with Crippen molar-refractivity contribution in [1.29, 1.82) is 0 Å². The number of carbonyl (C=O) groups excluding carboxylic acids is 2. The van der Waals surface area contributed by atoms with Crippen molar-refractivity contribution >= 4 is 29.6 Å². The number of benzene rings is 1. The fraction of sp³-hybridized carbons (Fsp3) is 0.400. The number of aliphatic carboxylic acids is 1. The average Bonchev–Trinajstić information content (AvgIpc) is 2.50. The summed E-state index contributed by atoms with van der Waals surface area (Å²) < 4.78 is 4.90. The molecule has 1 aromatic carbocycles. The Morgan fingerprint density at radius 1 is 1.36 bits per heavy atom. The zero-order valence-corrected chi connectivity index (χ0v) is 13.0. The molecule has 2 rings (SSSR count). The van der Waals surface area contributed by atoms with E-state index in [1.807, 2.05) is 0 Å². The van der Waals surface area contributed by atoms with Crippen LogP contribution in [0.15, 0.2) is 24.3 Å². The number of carboxylic acids is 1. The fourth-order valence-electron chi connectivity index (χ4n) is 2.00. The summed E-state index contributed by atoms with van der Waals surface area (Å²) in [6.45, 7) is 2.55. The third kappa shape index (κ3) is 3.79. The van der Waals surface area contributed by atoms with E-state index in [0.29, 0.717) is 30.9 Å². The number of hydrogen-bond donors (Lipinski definition) is 1. The predicted octanol–water partition coefficient (Wildman–Crippen LogP) is 1.74. The maximum atomic E-state index is 11.5. The van der Waals surface area contributed by atoms with Gasteiger partial charge in [-0.3, -0.25) is 4.79 Å². The summed E-state index contributed by atoms with van der Waals surface area (Å²) in [6.07, 6.45) is 0.415. The van der Waals surface area contributed by atoms with Crippen molar-refractivity contribution in [3.05, 3.63) is 35.4 Å². The minimum Gasteiger partial charge on any atom is -0.479 e. The summed E-state index contributed by atoms with van der Waals surface area (Å²) in [4.78, 5) is 35.5. The lowest BCUT2D eigenvalue weighted by Crippen LogP contribution is -2.51. The molecule has 1 saturated heterocycles. The fourth-order valence-corrected chi connectivity index (χ4v) is 3.09. The molecule has 1 amide bonds. The second-order valence-electron chi connectivity index (χ2n) is 4.76. The van der Waals surface area contributed by atoms with Crippen LogP contribution >= 0.6 is 11.8 Å². The molecule has 1 aliphatic heterocycles. The van der Waals surface area contributed by atoms with Crippen molar-refractivity contribution in [2.45, 2.75) is 24.5 Å². The van der Waals surface area contributed by atoms with E-state index in [0.717, 1.165) is 5.56 Å². The molecule has 0 aliphatic carbocycles. The van der Waals surface area contributed by atoms with E-state index < -0.39 is 11.3 Å². The maximum Gasteiger partial charge on any atom is 0.338 e. The largest absolute Gasteiger partial charge is 0.479 e. The van der Waals surface area contributed by atoms with Crippen molar-refractivity contribution in [3.8, 4) is 0 Å². The lowest BCUT2D eigenvalue weighted by Gasteiger charge is -2.35. The molecule has 118 valence electrons. The molecule has 1 aliphatic rings. The Kier molecular flexibility index (Phi) is 5.43. The Hall–Kier alpha value is -2.02. The van der Waals surface area contributed by atoms with Gasteiger partial charge in [-0.15, -0.1) is 11.8 Å². The number of thioether (sulfide) groups is 1. The highest BCUT2D eigenvalue weighted by atomic mass is 32.2. The predicted molar refractivity (Wildman–Crippen MR) is 81.4 cm³/mol. The van der Waals surface area contributed by atoms with E-state index in [2.05, 4.69) is 0 Å². The summed E-state index contributed by atoms with van der Waals surface area (Å²) in [5.74, 6) is -1.07. The van der Waals surface area contributed by atoms with Crippen molar-refractivity contribution in [3.63, 3.8) is 0 Å². The number of nitrogens with zero attached hydrogens (tertiary/aromatic N) is 1. The molecular weight excluding hydrogens is 306 g/mol. The lowest BCUT2D eigenvalue weighted by atomic mass is 10.1. The van der Waals surface area contributed by atoms with Gasteiger partial charge >= 0.3 is 11.9 Å². The summed E-state index contributed by atoms with van der Waals surface area (Å²) in [6, 6.07) is 6.82. The minimum absolute atomic E-state index is 0.127. The third-order valence-corrected chi connectivity index (χ3v) is 4.53. The van der Waals surface area contributed by atoms with Crippen LogP contribution in [0.4, 0.5) is 0 Å². The molecule has 0 aromatic heterocycles. The Morgan fingerprint density at radius 2 is 2.05 bits per heavy atom. The first-order valence-electron chi connectivity index (χ1n) is 6.93. The van der Waals surface area contributed by atoms with Crippen molar-refractivity contribution in [1.82, 2.24) is 4.90 Å². The molecule has 1 atom stereocenters. The molecule has 0 spiro atoms. The standard InChI is InChI=1S/C15H17NO5S/c1-2-21-15(20)11-5-3-10(4-6-11)9-22-13(14(18)19)16-8-7-12(16)17/h3-6,13H,2,7-9H2,1H3,(H,18,19). The van der Waals surface area contributed by atoms with Gasteiger partial charge < -0.3 is 14.7 Å². The van der Waals surface area contributed by atoms with Gasteiger partial charge in [-0.1, -0.05) is 12.1 Å². The van der Waals surface area contributed by atoms with Gasteiger partial charge in [-0.2, -0.15) is 0 Å². The summed E-state index contributed by atoms with van der Waals surface area (Å²) >= 11 is 1.18. The number of rotatable bonds is 7. The monoisotopic (exact) mass is 323 g/mol. The van der Waals surface area contributed by atoms with Crippen LogP contribution in [0.25, 0.3) is 0 Å². The number of ether oxygens (including phenoxy) is 1.